The van der Waals surface area contributed by atoms with E-state index in [2.05, 4.69) is 15.0 Å². The van der Waals surface area contributed by atoms with Gasteiger partial charge in [-0.05, 0) is 24.5 Å². The summed E-state index contributed by atoms with van der Waals surface area (Å²) in [7, 11) is 1.69. The van der Waals surface area contributed by atoms with Gasteiger partial charge in [0.2, 0.25) is 0 Å². The molecule has 114 valence electrons. The van der Waals surface area contributed by atoms with E-state index in [-0.39, 0.29) is 18.1 Å². The van der Waals surface area contributed by atoms with E-state index in [1.54, 1.807) is 19.5 Å². The average Bonchev–Trinajstić information content (AvgIpc) is 2.98. The van der Waals surface area contributed by atoms with E-state index in [9.17, 15) is 4.79 Å². The Balaban J connectivity index is 1.81. The Morgan fingerprint density at radius 3 is 2.86 bits per heavy atom. The Bertz CT molecular complexity index is 621. The third-order valence-corrected chi connectivity index (χ3v) is 4.00. The zero-order valence-corrected chi connectivity index (χ0v) is 12.4. The number of rotatable bonds is 4. The number of amides is 1. The number of nitrogens with zero attached hydrogens (tertiary/aromatic N) is 4. The summed E-state index contributed by atoms with van der Waals surface area (Å²) in [4.78, 5) is 26.7. The quantitative estimate of drug-likeness (QED) is 0.852. The van der Waals surface area contributed by atoms with Crippen molar-refractivity contribution >= 4 is 5.91 Å². The molecule has 1 amide bonds. The molecule has 0 aliphatic carbocycles. The van der Waals surface area contributed by atoms with Gasteiger partial charge in [-0.1, -0.05) is 6.07 Å². The zero-order valence-electron chi connectivity index (χ0n) is 12.4. The molecule has 2 aromatic rings. The molecule has 0 spiro atoms. The van der Waals surface area contributed by atoms with Crippen LogP contribution >= 0.6 is 0 Å². The third-order valence-electron chi connectivity index (χ3n) is 4.00. The second-order valence-corrected chi connectivity index (χ2v) is 5.28. The minimum Gasteiger partial charge on any atom is -0.379 e. The molecule has 0 aromatic carbocycles. The Morgan fingerprint density at radius 1 is 1.32 bits per heavy atom. The second-order valence-electron chi connectivity index (χ2n) is 5.28. The van der Waals surface area contributed by atoms with Crippen LogP contribution < -0.4 is 0 Å². The van der Waals surface area contributed by atoms with Crippen molar-refractivity contribution in [2.75, 3.05) is 13.7 Å². The normalized spacial score (nSPS) is 21.0. The monoisotopic (exact) mass is 298 g/mol. The summed E-state index contributed by atoms with van der Waals surface area (Å²) in [6, 6.07) is 3.91. The van der Waals surface area contributed by atoms with E-state index in [0.717, 1.165) is 18.4 Å². The summed E-state index contributed by atoms with van der Waals surface area (Å²) in [5.41, 5.74) is 1.46. The highest BCUT2D eigenvalue weighted by Crippen LogP contribution is 2.25. The maximum Gasteiger partial charge on any atom is 0.274 e. The first kappa shape index (κ1) is 14.6. The Hall–Kier alpha value is -2.34. The van der Waals surface area contributed by atoms with Crippen LogP contribution in [0.1, 0.15) is 22.5 Å². The molecule has 2 atom stereocenters. The smallest absolute Gasteiger partial charge is 0.274 e. The minimum atomic E-state index is -0.0958. The van der Waals surface area contributed by atoms with Crippen LogP contribution in [-0.4, -0.2) is 51.6 Å². The Kier molecular flexibility index (Phi) is 4.39. The zero-order chi connectivity index (χ0) is 15.4. The summed E-state index contributed by atoms with van der Waals surface area (Å²) in [5, 5.41) is 0. The molecule has 6 heteroatoms. The maximum absolute atomic E-state index is 12.7. The summed E-state index contributed by atoms with van der Waals surface area (Å²) < 4.78 is 5.56. The summed E-state index contributed by atoms with van der Waals surface area (Å²) >= 11 is 0. The molecule has 1 fully saturated rings. The van der Waals surface area contributed by atoms with Crippen LogP contribution in [0.25, 0.3) is 0 Å². The standard InChI is InChI=1S/C16H18N4O2/c1-22-15-4-8-20(16(21)13-11-18-6-7-19-13)14(15)9-12-3-2-5-17-10-12/h2-3,5-7,10-11,14-15H,4,8-9H2,1H3/t14-,15-/m1/s1. The molecular weight excluding hydrogens is 280 g/mol. The number of carbonyl (C=O) groups is 1. The van der Waals surface area contributed by atoms with E-state index >= 15 is 0 Å². The van der Waals surface area contributed by atoms with Crippen molar-refractivity contribution < 1.29 is 9.53 Å². The molecule has 0 N–H and O–H groups in total. The molecule has 1 aliphatic rings. The van der Waals surface area contributed by atoms with Crippen molar-refractivity contribution in [1.29, 1.82) is 0 Å². The lowest BCUT2D eigenvalue weighted by Crippen LogP contribution is -2.42. The molecule has 1 saturated heterocycles. The molecule has 22 heavy (non-hydrogen) atoms. The number of hydrogen-bond acceptors (Lipinski definition) is 5. The van der Waals surface area contributed by atoms with Gasteiger partial charge in [0.1, 0.15) is 5.69 Å². The highest BCUT2D eigenvalue weighted by molar-refractivity contribution is 5.92. The van der Waals surface area contributed by atoms with Gasteiger partial charge in [0.15, 0.2) is 0 Å². The van der Waals surface area contributed by atoms with Crippen LogP contribution in [-0.2, 0) is 11.2 Å². The van der Waals surface area contributed by atoms with Gasteiger partial charge in [-0.2, -0.15) is 0 Å². The lowest BCUT2D eigenvalue weighted by atomic mass is 10.0. The van der Waals surface area contributed by atoms with Crippen molar-refractivity contribution in [3.05, 3.63) is 54.4 Å². The van der Waals surface area contributed by atoms with Gasteiger partial charge in [0.25, 0.3) is 5.91 Å². The molecule has 1 aliphatic heterocycles. The van der Waals surface area contributed by atoms with E-state index < -0.39 is 0 Å². The Labute approximate surface area is 129 Å². The minimum absolute atomic E-state index is 0.0105. The predicted molar refractivity (Wildman–Crippen MR) is 80.2 cm³/mol. The van der Waals surface area contributed by atoms with Gasteiger partial charge in [0, 0.05) is 38.4 Å². The number of carbonyl (C=O) groups excluding carboxylic acids is 1. The molecule has 2 aromatic heterocycles. The van der Waals surface area contributed by atoms with Crippen LogP contribution in [0.3, 0.4) is 0 Å². The highest BCUT2D eigenvalue weighted by atomic mass is 16.5. The van der Waals surface area contributed by atoms with E-state index in [1.807, 2.05) is 23.2 Å². The van der Waals surface area contributed by atoms with Crippen LogP contribution in [0.4, 0.5) is 0 Å². The van der Waals surface area contributed by atoms with Crippen molar-refractivity contribution in [3.8, 4) is 0 Å². The van der Waals surface area contributed by atoms with Crippen LogP contribution in [0, 0.1) is 0 Å². The van der Waals surface area contributed by atoms with Gasteiger partial charge in [0.05, 0.1) is 18.3 Å². The van der Waals surface area contributed by atoms with Crippen LogP contribution in [0.5, 0.6) is 0 Å². The van der Waals surface area contributed by atoms with E-state index in [0.29, 0.717) is 12.2 Å². The first-order chi connectivity index (χ1) is 10.8. The van der Waals surface area contributed by atoms with Gasteiger partial charge < -0.3 is 9.64 Å². The van der Waals surface area contributed by atoms with Crippen molar-refractivity contribution in [2.24, 2.45) is 0 Å². The average molecular weight is 298 g/mol. The fourth-order valence-corrected chi connectivity index (χ4v) is 2.91. The molecule has 6 nitrogen and oxygen atoms in total. The fraction of sp³-hybridized carbons (Fsp3) is 0.375. The topological polar surface area (TPSA) is 68.2 Å². The molecule has 0 bridgehead atoms. The summed E-state index contributed by atoms with van der Waals surface area (Å²) in [5.74, 6) is -0.0958. The first-order valence-corrected chi connectivity index (χ1v) is 7.28. The highest BCUT2D eigenvalue weighted by Gasteiger charge is 2.38. The van der Waals surface area contributed by atoms with Gasteiger partial charge in [-0.3, -0.25) is 14.8 Å². The van der Waals surface area contributed by atoms with Crippen LogP contribution in [0.2, 0.25) is 0 Å². The largest absolute Gasteiger partial charge is 0.379 e. The van der Waals surface area contributed by atoms with Crippen LogP contribution in [0.15, 0.2) is 43.1 Å². The van der Waals surface area contributed by atoms with E-state index in [4.69, 9.17) is 4.74 Å². The second kappa shape index (κ2) is 6.62. The van der Waals surface area contributed by atoms with Gasteiger partial charge in [-0.25, -0.2) is 4.98 Å². The third kappa shape index (κ3) is 2.96. The molecular formula is C16H18N4O2. The number of methoxy groups -OCH3 is 1. The lowest BCUT2D eigenvalue weighted by molar-refractivity contribution is 0.0504. The lowest BCUT2D eigenvalue weighted by Gasteiger charge is -2.27. The summed E-state index contributed by atoms with van der Waals surface area (Å²) in [6.45, 7) is 0.666. The molecule has 0 saturated carbocycles. The molecule has 0 unspecified atom stereocenters. The van der Waals surface area contributed by atoms with Gasteiger partial charge in [-0.15, -0.1) is 0 Å². The number of likely N-dealkylation sites (tertiary alicyclic amines) is 1. The maximum atomic E-state index is 12.7. The summed E-state index contributed by atoms with van der Waals surface area (Å²) in [6.07, 6.45) is 9.75. The first-order valence-electron chi connectivity index (χ1n) is 7.28. The Morgan fingerprint density at radius 2 is 2.18 bits per heavy atom. The molecule has 3 heterocycles. The van der Waals surface area contributed by atoms with Crippen molar-refractivity contribution in [1.82, 2.24) is 19.9 Å². The van der Waals surface area contributed by atoms with Crippen molar-refractivity contribution in [3.63, 3.8) is 0 Å². The fourth-order valence-electron chi connectivity index (χ4n) is 2.91. The number of hydrogen-bond donors (Lipinski definition) is 0. The van der Waals surface area contributed by atoms with E-state index in [1.165, 1.54) is 12.4 Å². The molecule has 0 radical (unpaired) electrons. The SMILES string of the molecule is CO[C@@H]1CCN(C(=O)c2cnccn2)[C@@H]1Cc1cccnc1. The number of aromatic nitrogens is 3. The molecule has 3 rings (SSSR count). The van der Waals surface area contributed by atoms with Crippen molar-refractivity contribution in [2.45, 2.75) is 25.0 Å². The number of pyridine rings is 1. The number of ether oxygens (including phenoxy) is 1. The predicted octanol–water partition coefficient (Wildman–Crippen LogP) is 1.34. The van der Waals surface area contributed by atoms with Gasteiger partial charge >= 0.3 is 0 Å².